The van der Waals surface area contributed by atoms with Crippen molar-refractivity contribution in [1.82, 2.24) is 0 Å². The highest BCUT2D eigenvalue weighted by molar-refractivity contribution is 5.71. The predicted molar refractivity (Wildman–Crippen MR) is 67.1 cm³/mol. The lowest BCUT2D eigenvalue weighted by Crippen LogP contribution is -2.29. The molecule has 19 heavy (non-hydrogen) atoms. The lowest BCUT2D eigenvalue weighted by Gasteiger charge is -2.24. The number of carbonyl (C=O) groups excluding carboxylic acids is 1. The van der Waals surface area contributed by atoms with Gasteiger partial charge in [0.1, 0.15) is 12.0 Å². The molecule has 0 saturated heterocycles. The number of fused-ring (bicyclic) bond motifs is 1. The molecule has 0 fully saturated rings. The van der Waals surface area contributed by atoms with Crippen LogP contribution in [-0.2, 0) is 27.2 Å². The molecule has 0 heterocycles. The third-order valence-electron chi connectivity index (χ3n) is 3.32. The van der Waals surface area contributed by atoms with Crippen LogP contribution in [0, 0.1) is 5.92 Å². The van der Waals surface area contributed by atoms with Gasteiger partial charge >= 0.3 is 5.97 Å². The van der Waals surface area contributed by atoms with E-state index in [1.807, 2.05) is 6.07 Å². The SMILES string of the molecule is COC(Oc1cccc2c1CCC(C=O)C2)C(=O)O. The minimum absolute atomic E-state index is 0.0421. The van der Waals surface area contributed by atoms with Gasteiger partial charge in [0.05, 0.1) is 0 Å². The maximum Gasteiger partial charge on any atom is 0.373 e. The van der Waals surface area contributed by atoms with Crippen LogP contribution in [-0.4, -0.2) is 30.8 Å². The van der Waals surface area contributed by atoms with Crippen LogP contribution in [0.1, 0.15) is 17.5 Å². The Hall–Kier alpha value is -1.88. The molecule has 1 N–H and O–H groups in total. The summed E-state index contributed by atoms with van der Waals surface area (Å²) in [6.07, 6.45) is 1.83. The van der Waals surface area contributed by atoms with Crippen molar-refractivity contribution in [2.24, 2.45) is 5.92 Å². The van der Waals surface area contributed by atoms with E-state index < -0.39 is 12.3 Å². The average Bonchev–Trinajstić information content (AvgIpc) is 2.43. The summed E-state index contributed by atoms with van der Waals surface area (Å²) < 4.78 is 10.2. The topological polar surface area (TPSA) is 72.8 Å². The van der Waals surface area contributed by atoms with E-state index in [0.717, 1.165) is 23.8 Å². The van der Waals surface area contributed by atoms with Crippen LogP contribution in [0.3, 0.4) is 0 Å². The van der Waals surface area contributed by atoms with Gasteiger partial charge in [-0.3, -0.25) is 0 Å². The molecule has 2 rings (SSSR count). The number of carboxylic acid groups (broad SMARTS) is 1. The Morgan fingerprint density at radius 3 is 2.95 bits per heavy atom. The van der Waals surface area contributed by atoms with Gasteiger partial charge in [0.2, 0.25) is 0 Å². The normalized spacial score (nSPS) is 19.3. The quantitative estimate of drug-likeness (QED) is 0.643. The van der Waals surface area contributed by atoms with Gasteiger partial charge in [-0.15, -0.1) is 0 Å². The van der Waals surface area contributed by atoms with Crippen molar-refractivity contribution in [3.63, 3.8) is 0 Å². The van der Waals surface area contributed by atoms with Gasteiger partial charge in [0.25, 0.3) is 6.29 Å². The van der Waals surface area contributed by atoms with Crippen molar-refractivity contribution in [2.45, 2.75) is 25.6 Å². The van der Waals surface area contributed by atoms with Crippen LogP contribution in [0.5, 0.6) is 5.75 Å². The summed E-state index contributed by atoms with van der Waals surface area (Å²) in [7, 11) is 1.29. The molecule has 1 aliphatic carbocycles. The molecular formula is C14H16O5. The Kier molecular flexibility index (Phi) is 4.16. The van der Waals surface area contributed by atoms with Crippen LogP contribution in [0.4, 0.5) is 0 Å². The molecule has 0 radical (unpaired) electrons. The third-order valence-corrected chi connectivity index (χ3v) is 3.32. The summed E-state index contributed by atoms with van der Waals surface area (Å²) in [6, 6.07) is 5.48. The monoisotopic (exact) mass is 264 g/mol. The molecule has 1 aliphatic rings. The Bertz CT molecular complexity index is 483. The largest absolute Gasteiger partial charge is 0.477 e. The number of aliphatic carboxylic acids is 1. The number of hydrogen-bond donors (Lipinski definition) is 1. The first-order valence-electron chi connectivity index (χ1n) is 6.14. The average molecular weight is 264 g/mol. The van der Waals surface area contributed by atoms with Crippen LogP contribution in [0.25, 0.3) is 0 Å². The van der Waals surface area contributed by atoms with Gasteiger partial charge < -0.3 is 19.4 Å². The number of aldehydes is 1. The molecule has 0 saturated carbocycles. The Labute approximate surface area is 111 Å². The first-order chi connectivity index (χ1) is 9.15. The first-order valence-corrected chi connectivity index (χ1v) is 6.14. The fraction of sp³-hybridized carbons (Fsp3) is 0.429. The summed E-state index contributed by atoms with van der Waals surface area (Å²) >= 11 is 0. The van der Waals surface area contributed by atoms with E-state index in [1.54, 1.807) is 12.1 Å². The number of methoxy groups -OCH3 is 1. The highest BCUT2D eigenvalue weighted by Gasteiger charge is 2.24. The summed E-state index contributed by atoms with van der Waals surface area (Å²) in [5.74, 6) is -0.599. The lowest BCUT2D eigenvalue weighted by atomic mass is 9.84. The van der Waals surface area contributed by atoms with Gasteiger partial charge in [-0.25, -0.2) is 4.79 Å². The van der Waals surface area contributed by atoms with Crippen LogP contribution in [0.2, 0.25) is 0 Å². The zero-order valence-corrected chi connectivity index (χ0v) is 10.7. The van der Waals surface area contributed by atoms with Crippen molar-refractivity contribution in [2.75, 3.05) is 7.11 Å². The second-order valence-corrected chi connectivity index (χ2v) is 4.56. The molecule has 1 aromatic rings. The smallest absolute Gasteiger partial charge is 0.373 e. The molecule has 0 aliphatic heterocycles. The first kappa shape index (κ1) is 13.5. The van der Waals surface area contributed by atoms with E-state index in [4.69, 9.17) is 14.6 Å². The molecule has 2 atom stereocenters. The molecule has 0 amide bonds. The van der Waals surface area contributed by atoms with Crippen molar-refractivity contribution < 1.29 is 24.2 Å². The summed E-state index contributed by atoms with van der Waals surface area (Å²) in [5.41, 5.74) is 2.02. The maximum absolute atomic E-state index is 10.9. The number of rotatable bonds is 5. The molecule has 0 spiro atoms. The van der Waals surface area contributed by atoms with Gasteiger partial charge in [-0.2, -0.15) is 0 Å². The minimum Gasteiger partial charge on any atom is -0.477 e. The summed E-state index contributed by atoms with van der Waals surface area (Å²) in [4.78, 5) is 21.7. The fourth-order valence-corrected chi connectivity index (χ4v) is 2.34. The predicted octanol–water partition coefficient (Wildman–Crippen LogP) is 1.43. The van der Waals surface area contributed by atoms with Crippen LogP contribution < -0.4 is 4.74 Å². The van der Waals surface area contributed by atoms with E-state index in [9.17, 15) is 9.59 Å². The maximum atomic E-state index is 10.9. The number of benzene rings is 1. The number of ether oxygens (including phenoxy) is 2. The second kappa shape index (κ2) is 5.84. The van der Waals surface area contributed by atoms with Crippen molar-refractivity contribution in [3.8, 4) is 5.75 Å². The van der Waals surface area contributed by atoms with E-state index in [1.165, 1.54) is 7.11 Å². The summed E-state index contributed by atoms with van der Waals surface area (Å²) in [6.45, 7) is 0. The van der Waals surface area contributed by atoms with Gasteiger partial charge in [-0.1, -0.05) is 12.1 Å². The van der Waals surface area contributed by atoms with Crippen LogP contribution in [0.15, 0.2) is 18.2 Å². The van der Waals surface area contributed by atoms with E-state index in [-0.39, 0.29) is 5.92 Å². The molecule has 0 bridgehead atoms. The molecule has 102 valence electrons. The minimum atomic E-state index is -1.31. The van der Waals surface area contributed by atoms with E-state index >= 15 is 0 Å². The number of hydrogen-bond acceptors (Lipinski definition) is 4. The highest BCUT2D eigenvalue weighted by Crippen LogP contribution is 2.32. The van der Waals surface area contributed by atoms with Crippen molar-refractivity contribution in [1.29, 1.82) is 0 Å². The molecular weight excluding hydrogens is 248 g/mol. The van der Waals surface area contributed by atoms with Crippen LogP contribution >= 0.6 is 0 Å². The Morgan fingerprint density at radius 1 is 1.53 bits per heavy atom. The molecule has 2 unspecified atom stereocenters. The highest BCUT2D eigenvalue weighted by atomic mass is 16.7. The number of carboxylic acids is 1. The third kappa shape index (κ3) is 2.93. The van der Waals surface area contributed by atoms with E-state index in [0.29, 0.717) is 18.6 Å². The van der Waals surface area contributed by atoms with E-state index in [2.05, 4.69) is 0 Å². The zero-order valence-electron chi connectivity index (χ0n) is 10.7. The standard InChI is InChI=1S/C14H16O5/c1-18-14(13(16)17)19-12-4-2-3-10-7-9(8-15)5-6-11(10)12/h2-4,8-9,14H,5-7H2,1H3,(H,16,17). The fourth-order valence-electron chi connectivity index (χ4n) is 2.34. The van der Waals surface area contributed by atoms with Gasteiger partial charge in [0.15, 0.2) is 0 Å². The molecule has 0 aromatic heterocycles. The van der Waals surface area contributed by atoms with Crippen molar-refractivity contribution in [3.05, 3.63) is 29.3 Å². The van der Waals surface area contributed by atoms with Gasteiger partial charge in [0, 0.05) is 13.0 Å². The van der Waals surface area contributed by atoms with Crippen molar-refractivity contribution >= 4 is 12.3 Å². The second-order valence-electron chi connectivity index (χ2n) is 4.56. The summed E-state index contributed by atoms with van der Waals surface area (Å²) in [5, 5.41) is 8.92. The molecule has 5 nitrogen and oxygen atoms in total. The Balaban J connectivity index is 2.23. The molecule has 1 aromatic carbocycles. The number of carbonyl (C=O) groups is 2. The molecule has 5 heteroatoms. The Morgan fingerprint density at radius 2 is 2.32 bits per heavy atom. The van der Waals surface area contributed by atoms with Gasteiger partial charge in [-0.05, 0) is 36.5 Å². The zero-order chi connectivity index (χ0) is 13.8. The lowest BCUT2D eigenvalue weighted by molar-refractivity contribution is -0.166.